The molecule has 0 saturated carbocycles. The Morgan fingerprint density at radius 3 is 2.80 bits per heavy atom. The molecule has 1 aromatic rings. The van der Waals surface area contributed by atoms with E-state index in [-0.39, 0.29) is 11.9 Å². The molecule has 0 aromatic heterocycles. The van der Waals surface area contributed by atoms with Crippen LogP contribution in [0.2, 0.25) is 0 Å². The molecule has 15 heavy (non-hydrogen) atoms. The molecule has 0 aliphatic rings. The molecule has 1 rings (SSSR count). The van der Waals surface area contributed by atoms with Crippen LogP contribution < -0.4 is 11.1 Å². The molecule has 0 heterocycles. The van der Waals surface area contributed by atoms with E-state index in [4.69, 9.17) is 5.73 Å². The Balaban J connectivity index is 2.74. The third-order valence-electron chi connectivity index (χ3n) is 2.02. The van der Waals surface area contributed by atoms with Gasteiger partial charge in [-0.3, -0.25) is 4.79 Å². The van der Waals surface area contributed by atoms with E-state index in [9.17, 15) is 4.79 Å². The van der Waals surface area contributed by atoms with Crippen LogP contribution in [0.25, 0.3) is 0 Å². The van der Waals surface area contributed by atoms with Crippen molar-refractivity contribution >= 4 is 21.8 Å². The maximum Gasteiger partial charge on any atom is 0.251 e. The summed E-state index contributed by atoms with van der Waals surface area (Å²) < 4.78 is 0.976. The lowest BCUT2D eigenvalue weighted by Crippen LogP contribution is -2.35. The third-order valence-corrected chi connectivity index (χ3v) is 2.51. The van der Waals surface area contributed by atoms with E-state index in [0.717, 1.165) is 10.0 Å². The second-order valence-electron chi connectivity index (χ2n) is 3.65. The van der Waals surface area contributed by atoms with Crippen LogP contribution in [-0.2, 0) is 0 Å². The van der Waals surface area contributed by atoms with Gasteiger partial charge in [-0.25, -0.2) is 0 Å². The summed E-state index contributed by atoms with van der Waals surface area (Å²) in [5.41, 5.74) is 7.20. The molecule has 0 saturated heterocycles. The van der Waals surface area contributed by atoms with Gasteiger partial charge in [-0.2, -0.15) is 0 Å². The molecule has 1 atom stereocenters. The van der Waals surface area contributed by atoms with Crippen LogP contribution in [0.3, 0.4) is 0 Å². The number of carbonyl (C=O) groups excluding carboxylic acids is 1. The number of halogens is 1. The lowest BCUT2D eigenvalue weighted by molar-refractivity contribution is 0.0951. The number of rotatable bonds is 3. The fraction of sp³-hybridized carbons (Fsp3) is 0.364. The van der Waals surface area contributed by atoms with Gasteiger partial charge in [0.1, 0.15) is 0 Å². The molecule has 82 valence electrons. The fourth-order valence-electron chi connectivity index (χ4n) is 1.23. The average Bonchev–Trinajstić information content (AvgIpc) is 2.14. The highest BCUT2D eigenvalue weighted by Crippen LogP contribution is 2.15. The summed E-state index contributed by atoms with van der Waals surface area (Å²) in [4.78, 5) is 11.7. The average molecular weight is 271 g/mol. The van der Waals surface area contributed by atoms with Gasteiger partial charge in [0, 0.05) is 22.6 Å². The van der Waals surface area contributed by atoms with E-state index in [0.29, 0.717) is 12.1 Å². The minimum atomic E-state index is -0.0719. The molecule has 4 heteroatoms. The Hall–Kier alpha value is -0.870. The number of aryl methyl sites for hydroxylation is 1. The molecule has 1 unspecified atom stereocenters. The first-order valence-corrected chi connectivity index (χ1v) is 5.60. The zero-order chi connectivity index (χ0) is 11.4. The summed E-state index contributed by atoms with van der Waals surface area (Å²) in [5.74, 6) is -0.0719. The smallest absolute Gasteiger partial charge is 0.251 e. The minimum Gasteiger partial charge on any atom is -0.350 e. The van der Waals surface area contributed by atoms with Gasteiger partial charge in [-0.1, -0.05) is 15.9 Å². The van der Waals surface area contributed by atoms with Gasteiger partial charge < -0.3 is 11.1 Å². The molecule has 0 aliphatic carbocycles. The van der Waals surface area contributed by atoms with Crippen LogP contribution in [0, 0.1) is 6.92 Å². The monoisotopic (exact) mass is 270 g/mol. The highest BCUT2D eigenvalue weighted by molar-refractivity contribution is 9.10. The van der Waals surface area contributed by atoms with Crippen LogP contribution in [0.4, 0.5) is 0 Å². The molecule has 0 bridgehead atoms. The summed E-state index contributed by atoms with van der Waals surface area (Å²) in [5, 5.41) is 2.78. The van der Waals surface area contributed by atoms with Crippen LogP contribution in [-0.4, -0.2) is 18.5 Å². The van der Waals surface area contributed by atoms with E-state index in [2.05, 4.69) is 21.2 Å². The highest BCUT2D eigenvalue weighted by atomic mass is 79.9. The van der Waals surface area contributed by atoms with E-state index in [1.54, 1.807) is 6.07 Å². The number of carbonyl (C=O) groups is 1. The first-order chi connectivity index (χ1) is 7.00. The topological polar surface area (TPSA) is 55.1 Å². The molecular formula is C11H15BrN2O. The van der Waals surface area contributed by atoms with Gasteiger partial charge in [-0.15, -0.1) is 0 Å². The zero-order valence-corrected chi connectivity index (χ0v) is 10.5. The van der Waals surface area contributed by atoms with Crippen molar-refractivity contribution in [2.24, 2.45) is 5.73 Å². The molecule has 0 spiro atoms. The van der Waals surface area contributed by atoms with Crippen molar-refractivity contribution in [1.29, 1.82) is 0 Å². The molecule has 3 nitrogen and oxygen atoms in total. The van der Waals surface area contributed by atoms with E-state index >= 15 is 0 Å². The SMILES string of the molecule is Cc1cc(Br)ccc1C(=O)NCC(C)N. The minimum absolute atomic E-state index is 0.0234. The van der Waals surface area contributed by atoms with Gasteiger partial charge in [0.2, 0.25) is 0 Å². The van der Waals surface area contributed by atoms with Crippen molar-refractivity contribution in [1.82, 2.24) is 5.32 Å². The molecular weight excluding hydrogens is 256 g/mol. The van der Waals surface area contributed by atoms with Gasteiger partial charge in [0.15, 0.2) is 0 Å². The van der Waals surface area contributed by atoms with Crippen molar-refractivity contribution in [3.05, 3.63) is 33.8 Å². The maximum absolute atomic E-state index is 11.7. The third kappa shape index (κ3) is 3.64. The Kier molecular flexibility index (Phi) is 4.29. The summed E-state index contributed by atoms with van der Waals surface area (Å²) in [6, 6.07) is 5.55. The summed E-state index contributed by atoms with van der Waals surface area (Å²) in [6.45, 7) is 4.26. The molecule has 0 radical (unpaired) electrons. The Morgan fingerprint density at radius 2 is 2.27 bits per heavy atom. The summed E-state index contributed by atoms with van der Waals surface area (Å²) in [6.07, 6.45) is 0. The van der Waals surface area contributed by atoms with E-state index < -0.39 is 0 Å². The van der Waals surface area contributed by atoms with Crippen molar-refractivity contribution in [3.8, 4) is 0 Å². The zero-order valence-electron chi connectivity index (χ0n) is 8.88. The van der Waals surface area contributed by atoms with Gasteiger partial charge in [-0.05, 0) is 37.6 Å². The number of hydrogen-bond donors (Lipinski definition) is 2. The first kappa shape index (κ1) is 12.2. The number of nitrogens with one attached hydrogen (secondary N) is 1. The lowest BCUT2D eigenvalue weighted by Gasteiger charge is -2.09. The molecule has 1 aromatic carbocycles. The quantitative estimate of drug-likeness (QED) is 0.881. The number of nitrogens with two attached hydrogens (primary N) is 1. The highest BCUT2D eigenvalue weighted by Gasteiger charge is 2.08. The van der Waals surface area contributed by atoms with Gasteiger partial charge in [0.25, 0.3) is 5.91 Å². The predicted molar refractivity (Wildman–Crippen MR) is 64.9 cm³/mol. The van der Waals surface area contributed by atoms with Gasteiger partial charge >= 0.3 is 0 Å². The second-order valence-corrected chi connectivity index (χ2v) is 4.56. The molecule has 0 aliphatic heterocycles. The predicted octanol–water partition coefficient (Wildman–Crippen LogP) is 1.83. The maximum atomic E-state index is 11.7. The van der Waals surface area contributed by atoms with E-state index in [1.807, 2.05) is 26.0 Å². The molecule has 1 amide bonds. The van der Waals surface area contributed by atoms with Crippen molar-refractivity contribution in [3.63, 3.8) is 0 Å². The Labute approximate surface area is 98.2 Å². The number of benzene rings is 1. The summed E-state index contributed by atoms with van der Waals surface area (Å²) >= 11 is 3.36. The Morgan fingerprint density at radius 1 is 1.60 bits per heavy atom. The normalized spacial score (nSPS) is 12.3. The lowest BCUT2D eigenvalue weighted by atomic mass is 10.1. The molecule has 0 fully saturated rings. The van der Waals surface area contributed by atoms with Crippen LogP contribution in [0.5, 0.6) is 0 Å². The molecule has 3 N–H and O–H groups in total. The second kappa shape index (κ2) is 5.28. The van der Waals surface area contributed by atoms with Crippen LogP contribution >= 0.6 is 15.9 Å². The van der Waals surface area contributed by atoms with Crippen molar-refractivity contribution in [2.75, 3.05) is 6.54 Å². The van der Waals surface area contributed by atoms with Crippen LogP contribution in [0.1, 0.15) is 22.8 Å². The standard InChI is InChI=1S/C11H15BrN2O/c1-7-5-9(12)3-4-10(7)11(15)14-6-8(2)13/h3-5,8H,6,13H2,1-2H3,(H,14,15). The number of amides is 1. The largest absolute Gasteiger partial charge is 0.350 e. The number of hydrogen-bond acceptors (Lipinski definition) is 2. The van der Waals surface area contributed by atoms with Gasteiger partial charge in [0.05, 0.1) is 0 Å². The Bertz CT molecular complexity index is 364. The van der Waals surface area contributed by atoms with Crippen LogP contribution in [0.15, 0.2) is 22.7 Å². The van der Waals surface area contributed by atoms with E-state index in [1.165, 1.54) is 0 Å². The van der Waals surface area contributed by atoms with Crippen molar-refractivity contribution in [2.45, 2.75) is 19.9 Å². The summed E-state index contributed by atoms with van der Waals surface area (Å²) in [7, 11) is 0. The first-order valence-electron chi connectivity index (χ1n) is 4.80. The van der Waals surface area contributed by atoms with Crippen molar-refractivity contribution < 1.29 is 4.79 Å². The fourth-order valence-corrected chi connectivity index (χ4v) is 1.71.